The number of amides is 2. The van der Waals surface area contributed by atoms with E-state index in [0.29, 0.717) is 16.3 Å². The number of anilines is 1. The van der Waals surface area contributed by atoms with E-state index in [1.54, 1.807) is 79.7 Å². The van der Waals surface area contributed by atoms with Crippen LogP contribution in [0.15, 0.2) is 89.8 Å². The summed E-state index contributed by atoms with van der Waals surface area (Å²) in [5.41, 5.74) is 0.993. The number of benzene rings is 3. The van der Waals surface area contributed by atoms with Crippen LogP contribution in [0.25, 0.3) is 0 Å². The third kappa shape index (κ3) is 7.11. The Hall–Kier alpha value is -3.36. The first kappa shape index (κ1) is 28.2. The summed E-state index contributed by atoms with van der Waals surface area (Å²) in [6.07, 6.45) is 0.730. The van der Waals surface area contributed by atoms with Crippen LogP contribution in [0.3, 0.4) is 0 Å². The number of hydrogen-bond acceptors (Lipinski definition) is 4. The summed E-state index contributed by atoms with van der Waals surface area (Å²) in [7, 11) is -4.07. The fourth-order valence-electron chi connectivity index (χ4n) is 3.70. The maximum atomic E-state index is 13.8. The van der Waals surface area contributed by atoms with Gasteiger partial charge in [-0.05, 0) is 56.2 Å². The number of nitrogens with one attached hydrogen (secondary N) is 1. The normalized spacial score (nSPS) is 12.9. The molecule has 0 aliphatic rings. The van der Waals surface area contributed by atoms with Gasteiger partial charge in [0.2, 0.25) is 11.8 Å². The topological polar surface area (TPSA) is 86.8 Å². The second-order valence-corrected chi connectivity index (χ2v) is 11.0. The number of hydrogen-bond donors (Lipinski definition) is 1. The number of sulfonamides is 1. The van der Waals surface area contributed by atoms with E-state index in [0.717, 1.165) is 10.7 Å². The Morgan fingerprint density at radius 3 is 2.05 bits per heavy atom. The minimum absolute atomic E-state index is 0.0433. The summed E-state index contributed by atoms with van der Waals surface area (Å²) in [6, 6.07) is 22.5. The van der Waals surface area contributed by atoms with E-state index in [9.17, 15) is 18.0 Å². The third-order valence-corrected chi connectivity index (χ3v) is 8.28. The van der Waals surface area contributed by atoms with E-state index in [1.807, 2.05) is 13.8 Å². The quantitative estimate of drug-likeness (QED) is 0.375. The van der Waals surface area contributed by atoms with Gasteiger partial charge in [-0.1, -0.05) is 73.1 Å². The van der Waals surface area contributed by atoms with Crippen LogP contribution in [-0.2, 0) is 26.2 Å². The molecular formula is C28H32ClN3O4S. The lowest BCUT2D eigenvalue weighted by Gasteiger charge is -2.32. The molecule has 0 aliphatic carbocycles. The molecule has 0 heterocycles. The molecule has 0 fully saturated rings. The summed E-state index contributed by atoms with van der Waals surface area (Å²) in [6.45, 7) is 5.02. The van der Waals surface area contributed by atoms with Gasteiger partial charge in [-0.3, -0.25) is 13.9 Å². The average Bonchev–Trinajstić information content (AvgIpc) is 2.91. The molecule has 0 unspecified atom stereocenters. The number of carbonyl (C=O) groups excluding carboxylic acids is 2. The van der Waals surface area contributed by atoms with Gasteiger partial charge < -0.3 is 10.2 Å². The van der Waals surface area contributed by atoms with Crippen molar-refractivity contribution < 1.29 is 18.0 Å². The lowest BCUT2D eigenvalue weighted by atomic mass is 10.1. The zero-order chi connectivity index (χ0) is 27.0. The molecule has 0 aromatic heterocycles. The number of carbonyl (C=O) groups is 2. The SMILES string of the molecule is CC[C@@H](C)NC(=O)[C@@H](C)N(Cc1ccccc1Cl)C(=O)CN(c1ccccc1)S(=O)(=O)c1ccccc1. The Balaban J connectivity index is 2.00. The van der Waals surface area contributed by atoms with Gasteiger partial charge in [-0.25, -0.2) is 8.42 Å². The van der Waals surface area contributed by atoms with Gasteiger partial charge in [-0.15, -0.1) is 0 Å². The van der Waals surface area contributed by atoms with Crippen molar-refractivity contribution in [1.29, 1.82) is 0 Å². The average molecular weight is 542 g/mol. The van der Waals surface area contributed by atoms with Crippen LogP contribution in [0.4, 0.5) is 5.69 Å². The number of halogens is 1. The molecule has 3 aromatic rings. The summed E-state index contributed by atoms with van der Waals surface area (Å²) in [5.74, 6) is -0.859. The standard InChI is InChI=1S/C28H32ClN3O4S/c1-4-21(2)30-28(34)22(3)31(19-23-13-11-12-18-26(23)29)27(33)20-32(24-14-7-5-8-15-24)37(35,36)25-16-9-6-10-17-25/h5-18,21-22H,4,19-20H2,1-3H3,(H,30,34)/t21-,22-/m1/s1. The zero-order valence-corrected chi connectivity index (χ0v) is 22.7. The van der Waals surface area contributed by atoms with E-state index in [4.69, 9.17) is 11.6 Å². The van der Waals surface area contributed by atoms with Crippen molar-refractivity contribution >= 4 is 39.1 Å². The first-order valence-electron chi connectivity index (χ1n) is 12.1. The van der Waals surface area contributed by atoms with Crippen molar-refractivity contribution in [3.63, 3.8) is 0 Å². The van der Waals surface area contributed by atoms with Crippen molar-refractivity contribution in [3.05, 3.63) is 95.5 Å². The molecule has 9 heteroatoms. The maximum absolute atomic E-state index is 13.8. The van der Waals surface area contributed by atoms with Gasteiger partial charge in [0, 0.05) is 17.6 Å². The molecule has 37 heavy (non-hydrogen) atoms. The Kier molecular flexibility index (Phi) is 9.72. The highest BCUT2D eigenvalue weighted by molar-refractivity contribution is 7.92. The first-order chi connectivity index (χ1) is 17.6. The second kappa shape index (κ2) is 12.7. The van der Waals surface area contributed by atoms with Crippen LogP contribution in [0.5, 0.6) is 0 Å². The van der Waals surface area contributed by atoms with Crippen molar-refractivity contribution in [1.82, 2.24) is 10.2 Å². The Morgan fingerprint density at radius 2 is 1.46 bits per heavy atom. The molecule has 7 nitrogen and oxygen atoms in total. The van der Waals surface area contributed by atoms with Gasteiger partial charge in [-0.2, -0.15) is 0 Å². The Labute approximate surface area is 224 Å². The largest absolute Gasteiger partial charge is 0.352 e. The van der Waals surface area contributed by atoms with Crippen molar-refractivity contribution in [2.24, 2.45) is 0 Å². The summed E-state index contributed by atoms with van der Waals surface area (Å²) in [4.78, 5) is 28.3. The van der Waals surface area contributed by atoms with Crippen molar-refractivity contribution in [3.8, 4) is 0 Å². The highest BCUT2D eigenvalue weighted by Crippen LogP contribution is 2.25. The highest BCUT2D eigenvalue weighted by atomic mass is 35.5. The van der Waals surface area contributed by atoms with Gasteiger partial charge in [0.05, 0.1) is 10.6 Å². The lowest BCUT2D eigenvalue weighted by Crippen LogP contribution is -2.52. The number of rotatable bonds is 11. The number of nitrogens with zero attached hydrogens (tertiary/aromatic N) is 2. The molecule has 3 aromatic carbocycles. The highest BCUT2D eigenvalue weighted by Gasteiger charge is 2.32. The monoisotopic (exact) mass is 541 g/mol. The molecule has 0 radical (unpaired) electrons. The summed E-state index contributed by atoms with van der Waals surface area (Å²) < 4.78 is 28.4. The van der Waals surface area contributed by atoms with Gasteiger partial charge >= 0.3 is 0 Å². The fourth-order valence-corrected chi connectivity index (χ4v) is 5.33. The van der Waals surface area contributed by atoms with E-state index in [2.05, 4.69) is 5.32 Å². The van der Waals surface area contributed by atoms with Crippen LogP contribution in [0.2, 0.25) is 5.02 Å². The molecular weight excluding hydrogens is 510 g/mol. The van der Waals surface area contributed by atoms with Crippen LogP contribution in [-0.4, -0.2) is 43.8 Å². The molecule has 0 bridgehead atoms. The second-order valence-electron chi connectivity index (χ2n) is 8.77. The molecule has 3 rings (SSSR count). The molecule has 0 saturated carbocycles. The lowest BCUT2D eigenvalue weighted by molar-refractivity contribution is -0.139. The van der Waals surface area contributed by atoms with Crippen LogP contribution < -0.4 is 9.62 Å². The smallest absolute Gasteiger partial charge is 0.264 e. The fraction of sp³-hybridized carbons (Fsp3) is 0.286. The molecule has 0 aliphatic heterocycles. The van der Waals surface area contributed by atoms with Gasteiger partial charge in [0.15, 0.2) is 0 Å². The maximum Gasteiger partial charge on any atom is 0.264 e. The van der Waals surface area contributed by atoms with Crippen LogP contribution in [0, 0.1) is 0 Å². The summed E-state index contributed by atoms with van der Waals surface area (Å²) in [5, 5.41) is 3.36. The minimum atomic E-state index is -4.07. The van der Waals surface area contributed by atoms with Crippen molar-refractivity contribution in [2.45, 2.75) is 50.7 Å². The Bertz CT molecular complexity index is 1300. The molecule has 2 amide bonds. The molecule has 2 atom stereocenters. The first-order valence-corrected chi connectivity index (χ1v) is 13.9. The molecule has 196 valence electrons. The summed E-state index contributed by atoms with van der Waals surface area (Å²) >= 11 is 6.37. The van der Waals surface area contributed by atoms with Gasteiger partial charge in [0.25, 0.3) is 10.0 Å². The molecule has 0 saturated heterocycles. The molecule has 1 N–H and O–H groups in total. The van der Waals surface area contributed by atoms with Crippen molar-refractivity contribution in [2.75, 3.05) is 10.8 Å². The minimum Gasteiger partial charge on any atom is -0.352 e. The third-order valence-electron chi connectivity index (χ3n) is 6.12. The number of para-hydroxylation sites is 1. The van der Waals surface area contributed by atoms with Crippen LogP contribution >= 0.6 is 11.6 Å². The van der Waals surface area contributed by atoms with E-state index < -0.39 is 28.5 Å². The van der Waals surface area contributed by atoms with E-state index in [-0.39, 0.29) is 23.4 Å². The van der Waals surface area contributed by atoms with E-state index >= 15 is 0 Å². The predicted molar refractivity (Wildman–Crippen MR) is 147 cm³/mol. The zero-order valence-electron chi connectivity index (χ0n) is 21.2. The predicted octanol–water partition coefficient (Wildman–Crippen LogP) is 4.87. The van der Waals surface area contributed by atoms with Crippen LogP contribution in [0.1, 0.15) is 32.8 Å². The molecule has 0 spiro atoms. The van der Waals surface area contributed by atoms with Gasteiger partial charge in [0.1, 0.15) is 12.6 Å². The van der Waals surface area contributed by atoms with E-state index in [1.165, 1.54) is 17.0 Å². The Morgan fingerprint density at radius 1 is 0.892 bits per heavy atom.